The van der Waals surface area contributed by atoms with Crippen LogP contribution in [0.4, 0.5) is 0 Å². The number of aromatic nitrogens is 2. The highest BCUT2D eigenvalue weighted by Gasteiger charge is 2.35. The first-order valence-electron chi connectivity index (χ1n) is 12.0. The highest BCUT2D eigenvalue weighted by atomic mass is 16.5. The molecule has 2 heterocycles. The van der Waals surface area contributed by atoms with Gasteiger partial charge in [0, 0.05) is 18.3 Å². The lowest BCUT2D eigenvalue weighted by atomic mass is 9.97. The lowest BCUT2D eigenvalue weighted by Gasteiger charge is -2.34. The van der Waals surface area contributed by atoms with E-state index in [0.29, 0.717) is 5.75 Å². The van der Waals surface area contributed by atoms with Gasteiger partial charge in [-0.15, -0.1) is 0 Å². The molecule has 1 amide bonds. The summed E-state index contributed by atoms with van der Waals surface area (Å²) in [6, 6.07) is 10.2. The van der Waals surface area contributed by atoms with Crippen LogP contribution in [0.1, 0.15) is 47.7 Å². The fraction of sp³-hybridized carbons (Fsp3) is 0.357. The minimum absolute atomic E-state index is 0.0578. The minimum Gasteiger partial charge on any atom is -0.495 e. The molecular weight excluding hydrogens is 442 g/mol. The predicted octanol–water partition coefficient (Wildman–Crippen LogP) is 4.90. The third kappa shape index (κ3) is 4.27. The standard InChI is InChI=1S/C28H31N3O4/c1-18-16-30(17-29-18)24-9-7-19(13-25(24)33-2)12-21-6-5-11-31(28(21)32)23-10-8-20-14-26(34-3)27(35-4)15-22(20)23/h7,9,12-17,23H,5-6,8,10-11H2,1-4H3/b21-12+/t23-/m0/s1. The van der Waals surface area contributed by atoms with Crippen molar-refractivity contribution in [2.75, 3.05) is 27.9 Å². The molecular formula is C28H31N3O4. The Morgan fingerprint density at radius 3 is 2.49 bits per heavy atom. The van der Waals surface area contributed by atoms with Crippen molar-refractivity contribution in [3.63, 3.8) is 0 Å². The van der Waals surface area contributed by atoms with E-state index in [1.807, 2.05) is 52.9 Å². The van der Waals surface area contributed by atoms with E-state index in [9.17, 15) is 4.79 Å². The largest absolute Gasteiger partial charge is 0.495 e. The molecule has 182 valence electrons. The summed E-state index contributed by atoms with van der Waals surface area (Å²) in [5, 5.41) is 0. The third-order valence-corrected chi connectivity index (χ3v) is 6.98. The number of benzene rings is 2. The van der Waals surface area contributed by atoms with Crippen LogP contribution < -0.4 is 14.2 Å². The Kier molecular flexibility index (Phi) is 6.24. The number of aryl methyl sites for hydroxylation is 2. The number of piperidine rings is 1. The summed E-state index contributed by atoms with van der Waals surface area (Å²) >= 11 is 0. The molecule has 0 bridgehead atoms. The van der Waals surface area contributed by atoms with Crippen LogP contribution >= 0.6 is 0 Å². The molecule has 0 unspecified atom stereocenters. The van der Waals surface area contributed by atoms with E-state index in [-0.39, 0.29) is 11.9 Å². The smallest absolute Gasteiger partial charge is 0.250 e. The topological polar surface area (TPSA) is 65.8 Å². The van der Waals surface area contributed by atoms with E-state index in [2.05, 4.69) is 11.1 Å². The third-order valence-electron chi connectivity index (χ3n) is 6.98. The first-order chi connectivity index (χ1) is 17.0. The molecule has 1 saturated heterocycles. The van der Waals surface area contributed by atoms with Crippen molar-refractivity contribution in [3.8, 4) is 22.9 Å². The number of ether oxygens (including phenoxy) is 3. The molecule has 7 heteroatoms. The maximum Gasteiger partial charge on any atom is 0.250 e. The molecule has 1 atom stereocenters. The summed E-state index contributed by atoms with van der Waals surface area (Å²) in [6.07, 6.45) is 9.30. The number of amides is 1. The number of carbonyl (C=O) groups excluding carboxylic acids is 1. The number of methoxy groups -OCH3 is 3. The molecule has 5 rings (SSSR count). The number of carbonyl (C=O) groups is 1. The molecule has 0 saturated carbocycles. The van der Waals surface area contributed by atoms with Crippen LogP contribution in [0, 0.1) is 6.92 Å². The van der Waals surface area contributed by atoms with Gasteiger partial charge >= 0.3 is 0 Å². The zero-order valence-electron chi connectivity index (χ0n) is 20.7. The first kappa shape index (κ1) is 23.0. The van der Waals surface area contributed by atoms with Crippen LogP contribution in [0.2, 0.25) is 0 Å². The highest BCUT2D eigenvalue weighted by molar-refractivity contribution is 5.99. The summed E-state index contributed by atoms with van der Waals surface area (Å²) in [6.45, 7) is 2.72. The van der Waals surface area contributed by atoms with Gasteiger partial charge in [0.25, 0.3) is 0 Å². The van der Waals surface area contributed by atoms with Crippen molar-refractivity contribution >= 4 is 12.0 Å². The van der Waals surface area contributed by atoms with Crippen LogP contribution in [0.3, 0.4) is 0 Å². The monoisotopic (exact) mass is 473 g/mol. The van der Waals surface area contributed by atoms with Crippen molar-refractivity contribution in [2.24, 2.45) is 0 Å². The molecule has 7 nitrogen and oxygen atoms in total. The second-order valence-corrected chi connectivity index (χ2v) is 9.09. The Labute approximate surface area is 205 Å². The number of nitrogens with zero attached hydrogens (tertiary/aromatic N) is 3. The first-order valence-corrected chi connectivity index (χ1v) is 12.0. The lowest BCUT2D eigenvalue weighted by molar-refractivity contribution is -0.131. The van der Waals surface area contributed by atoms with Gasteiger partial charge in [0.1, 0.15) is 5.75 Å². The normalized spacial score (nSPS) is 18.6. The van der Waals surface area contributed by atoms with Crippen LogP contribution in [0.25, 0.3) is 11.8 Å². The fourth-order valence-electron chi connectivity index (χ4n) is 5.25. The lowest BCUT2D eigenvalue weighted by Crippen LogP contribution is -2.39. The van der Waals surface area contributed by atoms with E-state index in [0.717, 1.165) is 66.2 Å². The van der Waals surface area contributed by atoms with E-state index in [1.165, 1.54) is 11.1 Å². The van der Waals surface area contributed by atoms with E-state index in [4.69, 9.17) is 14.2 Å². The molecule has 0 spiro atoms. The van der Waals surface area contributed by atoms with Crippen LogP contribution in [-0.2, 0) is 11.2 Å². The van der Waals surface area contributed by atoms with Gasteiger partial charge < -0.3 is 23.7 Å². The minimum atomic E-state index is 0.0578. The van der Waals surface area contributed by atoms with Gasteiger partial charge in [-0.25, -0.2) is 4.98 Å². The molecule has 1 aliphatic heterocycles. The Hall–Kier alpha value is -3.74. The molecule has 35 heavy (non-hydrogen) atoms. The predicted molar refractivity (Wildman–Crippen MR) is 134 cm³/mol. The van der Waals surface area contributed by atoms with E-state index in [1.54, 1.807) is 27.7 Å². The maximum atomic E-state index is 13.6. The van der Waals surface area contributed by atoms with Crippen LogP contribution in [0.5, 0.6) is 17.2 Å². The molecule has 1 aromatic heterocycles. The molecule has 2 aromatic carbocycles. The summed E-state index contributed by atoms with van der Waals surface area (Å²) in [7, 11) is 4.96. The number of hydrogen-bond donors (Lipinski definition) is 0. The average molecular weight is 474 g/mol. The molecule has 0 N–H and O–H groups in total. The Morgan fingerprint density at radius 2 is 1.77 bits per heavy atom. The number of likely N-dealkylation sites (tertiary alicyclic amines) is 1. The second kappa shape index (κ2) is 9.49. The van der Waals surface area contributed by atoms with Gasteiger partial charge in [-0.2, -0.15) is 0 Å². The highest BCUT2D eigenvalue weighted by Crippen LogP contribution is 2.43. The number of imidazole rings is 1. The molecule has 3 aromatic rings. The van der Waals surface area contributed by atoms with Crippen molar-refractivity contribution in [1.82, 2.24) is 14.5 Å². The van der Waals surface area contributed by atoms with Gasteiger partial charge in [0.05, 0.1) is 45.1 Å². The van der Waals surface area contributed by atoms with Gasteiger partial charge in [0.2, 0.25) is 5.91 Å². The molecule has 0 radical (unpaired) electrons. The van der Waals surface area contributed by atoms with Crippen molar-refractivity contribution in [3.05, 3.63) is 70.8 Å². The van der Waals surface area contributed by atoms with Crippen molar-refractivity contribution in [2.45, 2.75) is 38.6 Å². The summed E-state index contributed by atoms with van der Waals surface area (Å²) in [5.74, 6) is 2.29. The maximum absolute atomic E-state index is 13.6. The molecule has 2 aliphatic rings. The van der Waals surface area contributed by atoms with Gasteiger partial charge in [0.15, 0.2) is 11.5 Å². The second-order valence-electron chi connectivity index (χ2n) is 9.09. The zero-order chi connectivity index (χ0) is 24.5. The molecule has 1 fully saturated rings. The van der Waals surface area contributed by atoms with Crippen molar-refractivity contribution < 1.29 is 19.0 Å². The molecule has 1 aliphatic carbocycles. The SMILES string of the molecule is COc1cc2c(cc1OC)[C@@H](N1CCC/C(=C\c3ccc(-n4cnc(C)c4)c(OC)c3)C1=O)CC2. The van der Waals surface area contributed by atoms with Crippen LogP contribution in [-0.4, -0.2) is 48.2 Å². The average Bonchev–Trinajstić information content (AvgIpc) is 3.50. The Bertz CT molecular complexity index is 1290. The van der Waals surface area contributed by atoms with E-state index >= 15 is 0 Å². The number of rotatable bonds is 6. The van der Waals surface area contributed by atoms with Gasteiger partial charge in [-0.05, 0) is 79.6 Å². The van der Waals surface area contributed by atoms with Crippen LogP contribution in [0.15, 0.2) is 48.4 Å². The zero-order valence-corrected chi connectivity index (χ0v) is 20.7. The quantitative estimate of drug-likeness (QED) is 0.477. The van der Waals surface area contributed by atoms with Gasteiger partial charge in [-0.3, -0.25) is 4.79 Å². The number of hydrogen-bond acceptors (Lipinski definition) is 5. The Balaban J connectivity index is 1.42. The fourth-order valence-corrected chi connectivity index (χ4v) is 5.25. The van der Waals surface area contributed by atoms with E-state index < -0.39 is 0 Å². The van der Waals surface area contributed by atoms with Gasteiger partial charge in [-0.1, -0.05) is 6.07 Å². The number of fused-ring (bicyclic) bond motifs is 1. The summed E-state index contributed by atoms with van der Waals surface area (Å²) < 4.78 is 18.6. The Morgan fingerprint density at radius 1 is 1.00 bits per heavy atom. The summed E-state index contributed by atoms with van der Waals surface area (Å²) in [5.41, 5.74) is 6.03. The van der Waals surface area contributed by atoms with Crippen molar-refractivity contribution in [1.29, 1.82) is 0 Å². The summed E-state index contributed by atoms with van der Waals surface area (Å²) in [4.78, 5) is 20.0.